The van der Waals surface area contributed by atoms with Crippen LogP contribution in [0, 0.1) is 45.6 Å². The van der Waals surface area contributed by atoms with Crippen LogP contribution in [0.4, 0.5) is 0 Å². The van der Waals surface area contributed by atoms with Crippen molar-refractivity contribution < 1.29 is 45.4 Å². The molecule has 1 rings (SSSR count). The number of carbonyl (C=O) groups is 2. The summed E-state index contributed by atoms with van der Waals surface area (Å²) in [6.45, 7) is 15.4. The molecule has 0 bridgehead atoms. The third-order valence-corrected chi connectivity index (χ3v) is 2.64. The van der Waals surface area contributed by atoms with Gasteiger partial charge in [-0.2, -0.15) is 0 Å². The first-order valence-electron chi connectivity index (χ1n) is 7.00. The zero-order valence-corrected chi connectivity index (χ0v) is 15.9. The Labute approximate surface area is 170 Å². The Morgan fingerprint density at radius 1 is 1.07 bits per heavy atom. The van der Waals surface area contributed by atoms with E-state index in [-0.39, 0.29) is 23.0 Å². The van der Waals surface area contributed by atoms with Crippen molar-refractivity contribution in [2.75, 3.05) is 7.11 Å². The number of hydrogen-bond acceptors (Lipinski definition) is 3. The van der Waals surface area contributed by atoms with E-state index in [0.29, 0.717) is 6.42 Å². The van der Waals surface area contributed by atoms with Crippen LogP contribution in [0.15, 0.2) is 30.3 Å². The topological polar surface area (TPSA) is 115 Å². The quantitative estimate of drug-likeness (QED) is 0.230. The van der Waals surface area contributed by atoms with E-state index < -0.39 is 12.0 Å². The summed E-state index contributed by atoms with van der Waals surface area (Å²) in [6, 6.07) is 8.78. The van der Waals surface area contributed by atoms with Crippen LogP contribution in [0.3, 0.4) is 0 Å². The zero-order chi connectivity index (χ0) is 20.8. The smallest absolute Gasteiger partial charge is 0 e. The van der Waals surface area contributed by atoms with Gasteiger partial charge in [-0.3, -0.25) is 4.79 Å². The van der Waals surface area contributed by atoms with Crippen molar-refractivity contribution >= 4 is 11.9 Å². The fourth-order valence-electron chi connectivity index (χ4n) is 1.66. The minimum Gasteiger partial charge on any atom is 0 e. The molecule has 0 aliphatic heterocycles. The van der Waals surface area contributed by atoms with Gasteiger partial charge in [0.05, 0.1) is 13.5 Å². The van der Waals surface area contributed by atoms with Crippen LogP contribution >= 0.6 is 0 Å². The van der Waals surface area contributed by atoms with E-state index in [1.807, 2.05) is 43.7 Å². The van der Waals surface area contributed by atoms with Gasteiger partial charge in [0.1, 0.15) is 6.04 Å². The van der Waals surface area contributed by atoms with E-state index in [1.165, 1.54) is 13.5 Å². The monoisotopic (exact) mass is 413 g/mol. The average Bonchev–Trinajstić information content (AvgIpc) is 2.72. The molecule has 0 unspecified atom stereocenters. The van der Waals surface area contributed by atoms with Gasteiger partial charge in [0.15, 0.2) is 0 Å². The number of nitrogens with one attached hydrogen (secondary N) is 1. The van der Waals surface area contributed by atoms with Gasteiger partial charge < -0.3 is 10.1 Å². The van der Waals surface area contributed by atoms with Gasteiger partial charge in [-0.25, -0.2) is 4.79 Å². The SMILES string of the molecule is C[CH][CH][CH][CH]C(=O)N[C@@H](Cc1ccccc1)C(=O)OC.[C-]#[O+].[C-]#[O+].[C-]#[O+].[Fe]. The molecule has 1 aromatic carbocycles. The van der Waals surface area contributed by atoms with Crippen molar-refractivity contribution in [3.63, 3.8) is 0 Å². The molecular weight excluding hydrogens is 394 g/mol. The maximum absolute atomic E-state index is 11.7. The number of ether oxygens (including phenoxy) is 1. The van der Waals surface area contributed by atoms with Gasteiger partial charge in [0.25, 0.3) is 0 Å². The van der Waals surface area contributed by atoms with E-state index in [4.69, 9.17) is 18.7 Å². The number of rotatable bonds is 8. The second-order valence-corrected chi connectivity index (χ2v) is 4.16. The third-order valence-electron chi connectivity index (χ3n) is 2.64. The number of amides is 1. The van der Waals surface area contributed by atoms with Crippen molar-refractivity contribution in [2.45, 2.75) is 19.4 Å². The molecule has 0 fully saturated rings. The standard InChI is InChI=1S/C16H19NO3.3CO.Fe/c1-3-4-6-11-15(18)17-14(16(19)20-2)12-13-9-7-5-8-10-13;3*1-2;/h3-11,14H,12H2,1-2H3,(H,17,18);;;;/t14-;;;;/m0..../s1. The van der Waals surface area contributed by atoms with Crippen LogP contribution in [0.25, 0.3) is 0 Å². The third kappa shape index (κ3) is 18.5. The first kappa shape index (κ1) is 32.6. The summed E-state index contributed by atoms with van der Waals surface area (Å²) in [6.07, 6.45) is 6.94. The summed E-state index contributed by atoms with van der Waals surface area (Å²) in [5, 5.41) is 2.64. The van der Waals surface area contributed by atoms with Gasteiger partial charge in [-0.05, 0) is 24.8 Å². The second kappa shape index (κ2) is 26.1. The van der Waals surface area contributed by atoms with Gasteiger partial charge in [0.2, 0.25) is 5.91 Å². The van der Waals surface area contributed by atoms with Crippen LogP contribution in [-0.4, -0.2) is 25.0 Å². The molecule has 0 aromatic heterocycles. The van der Waals surface area contributed by atoms with Crippen molar-refractivity contribution in [3.05, 3.63) is 81.5 Å². The minimum atomic E-state index is -0.690. The summed E-state index contributed by atoms with van der Waals surface area (Å²) in [7, 11) is 1.31. The maximum atomic E-state index is 11.7. The molecule has 1 amide bonds. The molecule has 1 aromatic rings. The van der Waals surface area contributed by atoms with Crippen LogP contribution < -0.4 is 5.32 Å². The molecule has 0 saturated heterocycles. The average molecular weight is 413 g/mol. The molecule has 27 heavy (non-hydrogen) atoms. The number of esters is 1. The number of benzene rings is 1. The fourth-order valence-corrected chi connectivity index (χ4v) is 1.66. The molecule has 1 N–H and O–H groups in total. The van der Waals surface area contributed by atoms with Gasteiger partial charge in [0, 0.05) is 23.5 Å². The van der Waals surface area contributed by atoms with Crippen LogP contribution in [-0.2, 0) is 51.8 Å². The summed E-state index contributed by atoms with van der Waals surface area (Å²) in [5.74, 6) is -0.781. The van der Waals surface area contributed by atoms with Crippen molar-refractivity contribution in [1.29, 1.82) is 0 Å². The van der Waals surface area contributed by atoms with E-state index in [9.17, 15) is 9.59 Å². The Kier molecular flexibility index (Phi) is 31.5. The predicted octanol–water partition coefficient (Wildman–Crippen LogP) is 1.61. The molecule has 144 valence electrons. The van der Waals surface area contributed by atoms with E-state index in [0.717, 1.165) is 5.56 Å². The van der Waals surface area contributed by atoms with E-state index in [1.54, 1.807) is 12.8 Å². The van der Waals surface area contributed by atoms with Gasteiger partial charge >= 0.3 is 39.9 Å². The molecule has 4 radical (unpaired) electrons. The molecule has 0 saturated carbocycles. The van der Waals surface area contributed by atoms with Crippen molar-refractivity contribution in [3.8, 4) is 0 Å². The minimum absolute atomic E-state index is 0. The molecule has 0 heterocycles. The summed E-state index contributed by atoms with van der Waals surface area (Å²) in [4.78, 5) is 23.4. The Hall–Kier alpha value is -2.10. The van der Waals surface area contributed by atoms with E-state index >= 15 is 0 Å². The summed E-state index contributed by atoms with van der Waals surface area (Å²) in [5.41, 5.74) is 0.959. The molecule has 0 aliphatic carbocycles. The Morgan fingerprint density at radius 3 is 2.04 bits per heavy atom. The maximum Gasteiger partial charge on any atom is 0 e. The van der Waals surface area contributed by atoms with Gasteiger partial charge in [-0.15, -0.1) is 0 Å². The number of methoxy groups -OCH3 is 1. The van der Waals surface area contributed by atoms with Crippen molar-refractivity contribution in [2.24, 2.45) is 0 Å². The molecule has 8 heteroatoms. The summed E-state index contributed by atoms with van der Waals surface area (Å²) < 4.78 is 27.2. The Balaban J connectivity index is -0.000000342. The Bertz CT molecular complexity index is 528. The van der Waals surface area contributed by atoms with Crippen LogP contribution in [0.5, 0.6) is 0 Å². The molecule has 7 nitrogen and oxygen atoms in total. The van der Waals surface area contributed by atoms with Crippen LogP contribution in [0.1, 0.15) is 12.5 Å². The number of carbonyl (C=O) groups excluding carboxylic acids is 2. The van der Waals surface area contributed by atoms with E-state index in [2.05, 4.69) is 25.3 Å². The molecule has 1 atom stereocenters. The predicted molar refractivity (Wildman–Crippen MR) is 88.8 cm³/mol. The first-order chi connectivity index (χ1) is 12.7. The molecule has 0 aliphatic rings. The molecule has 0 spiro atoms. The van der Waals surface area contributed by atoms with Crippen LogP contribution in [0.2, 0.25) is 0 Å². The van der Waals surface area contributed by atoms with Crippen molar-refractivity contribution in [1.82, 2.24) is 5.32 Å². The normalized spacial score (nSPS) is 8.89. The second-order valence-electron chi connectivity index (χ2n) is 4.16. The van der Waals surface area contributed by atoms with Gasteiger partial charge in [-0.1, -0.05) is 37.3 Å². The fraction of sp³-hybridized carbons (Fsp3) is 0.211. The largest absolute Gasteiger partial charge is 0 e. The zero-order valence-electron chi connectivity index (χ0n) is 14.8. The summed E-state index contributed by atoms with van der Waals surface area (Å²) >= 11 is 0. The number of unbranched alkanes of at least 4 members (excludes halogenated alkanes) is 2. The first-order valence-corrected chi connectivity index (χ1v) is 7.00. The molecular formula is C19H19FeNO6. The number of hydrogen-bond donors (Lipinski definition) is 1. The Morgan fingerprint density at radius 2 is 1.59 bits per heavy atom.